The number of amides is 1. The minimum Gasteiger partial charge on any atom is -0.503 e. The fourth-order valence-electron chi connectivity index (χ4n) is 3.94. The van der Waals surface area contributed by atoms with Gasteiger partial charge in [-0.3, -0.25) is 9.59 Å². The summed E-state index contributed by atoms with van der Waals surface area (Å²) in [5.41, 5.74) is 1.40. The number of ketones is 1. The van der Waals surface area contributed by atoms with Crippen molar-refractivity contribution in [3.63, 3.8) is 0 Å². The van der Waals surface area contributed by atoms with Crippen LogP contribution in [0.25, 0.3) is 0 Å². The minimum atomic E-state index is -0.696. The molecule has 3 heterocycles. The molecule has 6 nitrogen and oxygen atoms in total. The van der Waals surface area contributed by atoms with E-state index in [1.54, 1.807) is 31.2 Å². The minimum absolute atomic E-state index is 0.0852. The second kappa shape index (κ2) is 7.89. The Labute approximate surface area is 177 Å². The number of aliphatic hydroxyl groups is 1. The Kier molecular flexibility index (Phi) is 5.46. The van der Waals surface area contributed by atoms with Crippen LogP contribution in [-0.4, -0.2) is 45.9 Å². The number of carbonyl (C=O) groups excluding carboxylic acids is 2. The average molecular weight is 433 g/mol. The third-order valence-corrected chi connectivity index (χ3v) is 6.59. The first-order valence-corrected chi connectivity index (χ1v) is 10.7. The number of nitrogens with zero attached hydrogens (tertiary/aromatic N) is 2. The van der Waals surface area contributed by atoms with Crippen molar-refractivity contribution in [1.82, 2.24) is 9.88 Å². The predicted molar refractivity (Wildman–Crippen MR) is 110 cm³/mol. The van der Waals surface area contributed by atoms with Crippen LogP contribution in [0, 0.1) is 13.8 Å². The van der Waals surface area contributed by atoms with Crippen LogP contribution in [0.1, 0.15) is 44.8 Å². The number of aromatic nitrogens is 1. The van der Waals surface area contributed by atoms with Crippen LogP contribution in [0.15, 0.2) is 35.6 Å². The van der Waals surface area contributed by atoms with E-state index in [4.69, 9.17) is 16.3 Å². The number of thiazole rings is 1. The average Bonchev–Trinajstić information content (AvgIpc) is 3.38. The van der Waals surface area contributed by atoms with Crippen molar-refractivity contribution in [2.75, 3.05) is 13.2 Å². The molecule has 29 heavy (non-hydrogen) atoms. The Morgan fingerprint density at radius 1 is 1.34 bits per heavy atom. The molecule has 4 rings (SSSR count). The Hall–Kier alpha value is -2.22. The zero-order chi connectivity index (χ0) is 20.7. The molecule has 2 aromatic rings. The van der Waals surface area contributed by atoms with E-state index in [1.807, 2.05) is 6.92 Å². The molecule has 0 radical (unpaired) electrons. The molecular formula is C21H21ClN2O4S. The Bertz CT molecular complexity index is 993. The number of ether oxygens (including phenoxy) is 1. The van der Waals surface area contributed by atoms with Gasteiger partial charge in [0, 0.05) is 18.2 Å². The summed E-state index contributed by atoms with van der Waals surface area (Å²) in [6.45, 7) is 4.55. The number of aryl methyl sites for hydroxylation is 2. The molecule has 2 atom stereocenters. The SMILES string of the molecule is Cc1nc(C)c(C(=O)C2=C(O)C(=O)N(CC3CCCO3)C2c2ccc(Cl)cc2)s1. The highest BCUT2D eigenvalue weighted by Crippen LogP contribution is 2.41. The van der Waals surface area contributed by atoms with Gasteiger partial charge < -0.3 is 14.7 Å². The van der Waals surface area contributed by atoms with Gasteiger partial charge in [0.15, 0.2) is 5.76 Å². The Morgan fingerprint density at radius 3 is 2.66 bits per heavy atom. The van der Waals surface area contributed by atoms with Gasteiger partial charge in [0.05, 0.1) is 33.3 Å². The molecule has 2 aliphatic heterocycles. The first kappa shape index (κ1) is 20.1. The van der Waals surface area contributed by atoms with Crippen molar-refractivity contribution in [3.05, 3.63) is 61.8 Å². The smallest absolute Gasteiger partial charge is 0.290 e. The number of hydrogen-bond donors (Lipinski definition) is 1. The molecule has 0 bridgehead atoms. The largest absolute Gasteiger partial charge is 0.503 e. The molecule has 0 saturated carbocycles. The van der Waals surface area contributed by atoms with Crippen LogP contribution in [0.5, 0.6) is 0 Å². The van der Waals surface area contributed by atoms with Crippen molar-refractivity contribution in [2.24, 2.45) is 0 Å². The maximum absolute atomic E-state index is 13.4. The lowest BCUT2D eigenvalue weighted by molar-refractivity contribution is -0.131. The zero-order valence-corrected chi connectivity index (χ0v) is 17.7. The normalized spacial score (nSPS) is 22.0. The monoisotopic (exact) mass is 432 g/mol. The van der Waals surface area contributed by atoms with Gasteiger partial charge >= 0.3 is 0 Å². The van der Waals surface area contributed by atoms with Crippen LogP contribution in [0.4, 0.5) is 0 Å². The molecule has 2 aliphatic rings. The second-order valence-corrected chi connectivity index (χ2v) is 8.93. The van der Waals surface area contributed by atoms with Gasteiger partial charge in [0.25, 0.3) is 5.91 Å². The van der Waals surface area contributed by atoms with Gasteiger partial charge in [-0.15, -0.1) is 11.3 Å². The van der Waals surface area contributed by atoms with Crippen LogP contribution in [0.2, 0.25) is 5.02 Å². The topological polar surface area (TPSA) is 79.7 Å². The van der Waals surface area contributed by atoms with E-state index in [-0.39, 0.29) is 17.5 Å². The number of benzene rings is 1. The Balaban J connectivity index is 1.77. The molecular weight excluding hydrogens is 412 g/mol. The Morgan fingerprint density at radius 2 is 2.07 bits per heavy atom. The van der Waals surface area contributed by atoms with Crippen molar-refractivity contribution in [2.45, 2.75) is 38.8 Å². The van der Waals surface area contributed by atoms with E-state index in [1.165, 1.54) is 16.2 Å². The van der Waals surface area contributed by atoms with Crippen LogP contribution >= 0.6 is 22.9 Å². The third-order valence-electron chi connectivity index (χ3n) is 5.27. The van der Waals surface area contributed by atoms with Gasteiger partial charge in [0.1, 0.15) is 0 Å². The summed E-state index contributed by atoms with van der Waals surface area (Å²) >= 11 is 7.30. The van der Waals surface area contributed by atoms with Gasteiger partial charge in [-0.05, 0) is 44.4 Å². The first-order chi connectivity index (χ1) is 13.9. The maximum atomic E-state index is 13.4. The van der Waals surface area contributed by atoms with Crippen molar-refractivity contribution >= 4 is 34.6 Å². The quantitative estimate of drug-likeness (QED) is 0.717. The summed E-state index contributed by atoms with van der Waals surface area (Å²) in [4.78, 5) is 32.6. The highest BCUT2D eigenvalue weighted by Gasteiger charge is 2.45. The predicted octanol–water partition coefficient (Wildman–Crippen LogP) is 4.17. The molecule has 1 aromatic carbocycles. The first-order valence-electron chi connectivity index (χ1n) is 9.46. The molecule has 1 aromatic heterocycles. The van der Waals surface area contributed by atoms with E-state index >= 15 is 0 Å². The van der Waals surface area contributed by atoms with E-state index in [9.17, 15) is 14.7 Å². The highest BCUT2D eigenvalue weighted by atomic mass is 35.5. The lowest BCUT2D eigenvalue weighted by Crippen LogP contribution is -2.37. The summed E-state index contributed by atoms with van der Waals surface area (Å²) in [5, 5.41) is 12.0. The number of carbonyl (C=O) groups is 2. The summed E-state index contributed by atoms with van der Waals surface area (Å²) in [5.74, 6) is -1.42. The molecule has 0 aliphatic carbocycles. The lowest BCUT2D eigenvalue weighted by atomic mass is 9.95. The van der Waals surface area contributed by atoms with Gasteiger partial charge in [-0.25, -0.2) is 4.98 Å². The maximum Gasteiger partial charge on any atom is 0.290 e. The number of Topliss-reactive ketones (excluding diaryl/α,β-unsaturated/α-hetero) is 1. The van der Waals surface area contributed by atoms with E-state index in [0.717, 1.165) is 17.8 Å². The van der Waals surface area contributed by atoms with Crippen molar-refractivity contribution < 1.29 is 19.4 Å². The summed E-state index contributed by atoms with van der Waals surface area (Å²) in [7, 11) is 0. The molecule has 1 N–H and O–H groups in total. The molecule has 2 unspecified atom stereocenters. The van der Waals surface area contributed by atoms with Gasteiger partial charge in [-0.1, -0.05) is 23.7 Å². The second-order valence-electron chi connectivity index (χ2n) is 7.29. The standard InChI is InChI=1S/C21H21ClN2O4S/c1-11-20(29-12(2)23-11)18(25)16-17(13-5-7-14(22)8-6-13)24(21(27)19(16)26)10-15-4-3-9-28-15/h5-8,15,17,26H,3-4,9-10H2,1-2H3. The summed E-state index contributed by atoms with van der Waals surface area (Å²) < 4.78 is 5.70. The number of aliphatic hydroxyl groups excluding tert-OH is 1. The molecule has 152 valence electrons. The fourth-order valence-corrected chi connectivity index (χ4v) is 4.94. The lowest BCUT2D eigenvalue weighted by Gasteiger charge is -2.28. The van der Waals surface area contributed by atoms with Crippen molar-refractivity contribution in [1.29, 1.82) is 0 Å². The highest BCUT2D eigenvalue weighted by molar-refractivity contribution is 7.14. The van der Waals surface area contributed by atoms with Gasteiger partial charge in [0.2, 0.25) is 5.78 Å². The van der Waals surface area contributed by atoms with Crippen molar-refractivity contribution in [3.8, 4) is 0 Å². The third kappa shape index (κ3) is 3.70. The fraction of sp³-hybridized carbons (Fsp3) is 0.381. The van der Waals surface area contributed by atoms with E-state index in [0.29, 0.717) is 34.3 Å². The number of hydrogen-bond acceptors (Lipinski definition) is 6. The van der Waals surface area contributed by atoms with E-state index < -0.39 is 17.7 Å². The molecule has 1 saturated heterocycles. The summed E-state index contributed by atoms with van der Waals surface area (Å²) in [6, 6.07) is 6.29. The summed E-state index contributed by atoms with van der Waals surface area (Å²) in [6.07, 6.45) is 1.67. The van der Waals surface area contributed by atoms with Crippen LogP contribution in [-0.2, 0) is 9.53 Å². The number of halogens is 1. The van der Waals surface area contributed by atoms with E-state index in [2.05, 4.69) is 4.98 Å². The molecule has 1 amide bonds. The zero-order valence-electron chi connectivity index (χ0n) is 16.1. The van der Waals surface area contributed by atoms with Crippen LogP contribution in [0.3, 0.4) is 0 Å². The van der Waals surface area contributed by atoms with Crippen LogP contribution < -0.4 is 0 Å². The van der Waals surface area contributed by atoms with Gasteiger partial charge in [-0.2, -0.15) is 0 Å². The molecule has 8 heteroatoms. The molecule has 1 fully saturated rings. The molecule has 0 spiro atoms. The number of rotatable bonds is 5.